The topological polar surface area (TPSA) is 75.1 Å². The fraction of sp³-hybridized carbons (Fsp3) is 0.467. The van der Waals surface area contributed by atoms with Crippen LogP contribution >= 0.6 is 35.3 Å². The third kappa shape index (κ3) is 6.38. The number of nitrogens with zero attached hydrogens (tertiary/aromatic N) is 4. The Bertz CT molecular complexity index is 636. The van der Waals surface area contributed by atoms with E-state index in [0.717, 1.165) is 34.7 Å². The van der Waals surface area contributed by atoms with Crippen molar-refractivity contribution in [2.75, 3.05) is 6.54 Å². The van der Waals surface area contributed by atoms with Crippen molar-refractivity contribution in [2.45, 2.75) is 40.8 Å². The van der Waals surface area contributed by atoms with Gasteiger partial charge in [-0.2, -0.15) is 0 Å². The normalized spacial score (nSPS) is 11.0. The molecule has 23 heavy (non-hydrogen) atoms. The fourth-order valence-electron chi connectivity index (χ4n) is 1.87. The van der Waals surface area contributed by atoms with Gasteiger partial charge in [0.25, 0.3) is 0 Å². The molecule has 0 radical (unpaired) electrons. The average Bonchev–Trinajstić information content (AvgIpc) is 2.81. The number of nitrogens with one attached hydrogen (secondary N) is 2. The average molecular weight is 446 g/mol. The summed E-state index contributed by atoms with van der Waals surface area (Å²) >= 11 is 1.71. The minimum absolute atomic E-state index is 0. The zero-order valence-electron chi connectivity index (χ0n) is 13.9. The van der Waals surface area contributed by atoms with Crippen LogP contribution in [0.4, 0.5) is 0 Å². The van der Waals surface area contributed by atoms with Gasteiger partial charge in [-0.3, -0.25) is 0 Å². The van der Waals surface area contributed by atoms with E-state index in [2.05, 4.69) is 37.5 Å². The molecule has 2 heterocycles. The first kappa shape index (κ1) is 19.8. The minimum atomic E-state index is 0. The molecule has 0 bridgehead atoms. The van der Waals surface area contributed by atoms with Crippen LogP contribution in [-0.4, -0.2) is 27.5 Å². The van der Waals surface area contributed by atoms with Gasteiger partial charge in [-0.05, 0) is 33.8 Å². The van der Waals surface area contributed by atoms with Crippen molar-refractivity contribution >= 4 is 41.3 Å². The summed E-state index contributed by atoms with van der Waals surface area (Å²) in [6.45, 7) is 10.1. The summed E-state index contributed by atoms with van der Waals surface area (Å²) in [4.78, 5) is 18.8. The van der Waals surface area contributed by atoms with Gasteiger partial charge < -0.3 is 10.6 Å². The van der Waals surface area contributed by atoms with E-state index < -0.39 is 0 Å². The standard InChI is InChI=1S/C15H22N6S.HI/c1-5-16-15(18-8-13-6-7-17-12(4)21-13)19-9-14-20-10(2)11(3)22-14;/h6-7H,5,8-9H2,1-4H3,(H2,16,18,19);1H. The van der Waals surface area contributed by atoms with Crippen molar-refractivity contribution in [1.82, 2.24) is 25.6 Å². The van der Waals surface area contributed by atoms with Crippen LogP contribution in [0.3, 0.4) is 0 Å². The molecule has 8 heteroatoms. The van der Waals surface area contributed by atoms with Gasteiger partial charge in [-0.1, -0.05) is 0 Å². The molecule has 0 aliphatic heterocycles. The summed E-state index contributed by atoms with van der Waals surface area (Å²) in [6.07, 6.45) is 1.76. The van der Waals surface area contributed by atoms with Gasteiger partial charge >= 0.3 is 0 Å². The van der Waals surface area contributed by atoms with E-state index in [1.807, 2.05) is 26.8 Å². The lowest BCUT2D eigenvalue weighted by atomic mass is 10.4. The molecule has 0 saturated heterocycles. The first-order valence-corrected chi connectivity index (χ1v) is 8.13. The van der Waals surface area contributed by atoms with Crippen LogP contribution < -0.4 is 10.6 Å². The Hall–Kier alpha value is -1.29. The van der Waals surface area contributed by atoms with Crippen LogP contribution in [0, 0.1) is 20.8 Å². The Balaban J connectivity index is 0.00000264. The number of hydrogen-bond acceptors (Lipinski definition) is 5. The molecular weight excluding hydrogens is 423 g/mol. The summed E-state index contributed by atoms with van der Waals surface area (Å²) in [6, 6.07) is 1.88. The second-order valence-electron chi connectivity index (χ2n) is 4.89. The zero-order chi connectivity index (χ0) is 15.9. The van der Waals surface area contributed by atoms with Crippen LogP contribution in [0.1, 0.15) is 34.0 Å². The Morgan fingerprint density at radius 2 is 2.00 bits per heavy atom. The van der Waals surface area contributed by atoms with Gasteiger partial charge in [-0.15, -0.1) is 35.3 Å². The Morgan fingerprint density at radius 1 is 1.22 bits per heavy atom. The molecule has 0 amide bonds. The summed E-state index contributed by atoms with van der Waals surface area (Å²) in [5.74, 6) is 1.53. The molecule has 0 saturated carbocycles. The molecular formula is C15H23IN6S. The molecule has 126 valence electrons. The van der Waals surface area contributed by atoms with Gasteiger partial charge in [-0.25, -0.2) is 19.9 Å². The number of hydrogen-bond donors (Lipinski definition) is 2. The summed E-state index contributed by atoms with van der Waals surface area (Å²) < 4.78 is 0. The van der Waals surface area contributed by atoms with Gasteiger partial charge in [0.2, 0.25) is 0 Å². The van der Waals surface area contributed by atoms with Crippen molar-refractivity contribution in [3.8, 4) is 0 Å². The van der Waals surface area contributed by atoms with E-state index in [0.29, 0.717) is 13.1 Å². The molecule has 0 spiro atoms. The van der Waals surface area contributed by atoms with Crippen molar-refractivity contribution in [2.24, 2.45) is 4.99 Å². The summed E-state index contributed by atoms with van der Waals surface area (Å²) in [5, 5.41) is 7.61. The number of thiazole rings is 1. The second kappa shape index (κ2) is 9.76. The van der Waals surface area contributed by atoms with E-state index in [9.17, 15) is 0 Å². The van der Waals surface area contributed by atoms with E-state index in [4.69, 9.17) is 0 Å². The number of rotatable bonds is 5. The van der Waals surface area contributed by atoms with Crippen LogP contribution in [0.25, 0.3) is 0 Å². The number of halogens is 1. The van der Waals surface area contributed by atoms with Crippen LogP contribution in [0.5, 0.6) is 0 Å². The minimum Gasteiger partial charge on any atom is -0.357 e. The van der Waals surface area contributed by atoms with Crippen molar-refractivity contribution in [1.29, 1.82) is 0 Å². The third-order valence-electron chi connectivity index (χ3n) is 3.06. The highest BCUT2D eigenvalue weighted by molar-refractivity contribution is 14.0. The van der Waals surface area contributed by atoms with Crippen LogP contribution in [0.2, 0.25) is 0 Å². The Morgan fingerprint density at radius 3 is 2.61 bits per heavy atom. The van der Waals surface area contributed by atoms with Gasteiger partial charge in [0, 0.05) is 17.6 Å². The highest BCUT2D eigenvalue weighted by Crippen LogP contribution is 2.15. The van der Waals surface area contributed by atoms with Gasteiger partial charge in [0.15, 0.2) is 5.96 Å². The van der Waals surface area contributed by atoms with E-state index in [-0.39, 0.29) is 24.0 Å². The molecule has 0 unspecified atom stereocenters. The summed E-state index contributed by atoms with van der Waals surface area (Å²) in [5.41, 5.74) is 2.01. The highest BCUT2D eigenvalue weighted by atomic mass is 127. The Labute approximate surface area is 158 Å². The number of aliphatic imine (C=N–C) groups is 1. The van der Waals surface area contributed by atoms with E-state index >= 15 is 0 Å². The second-order valence-corrected chi connectivity index (χ2v) is 6.18. The molecule has 2 rings (SSSR count). The fourth-order valence-corrected chi connectivity index (χ4v) is 2.74. The monoisotopic (exact) mass is 446 g/mol. The van der Waals surface area contributed by atoms with E-state index in [1.165, 1.54) is 4.88 Å². The predicted molar refractivity (Wildman–Crippen MR) is 105 cm³/mol. The van der Waals surface area contributed by atoms with Crippen LogP contribution in [-0.2, 0) is 13.1 Å². The molecule has 2 N–H and O–H groups in total. The van der Waals surface area contributed by atoms with Crippen LogP contribution in [0.15, 0.2) is 17.3 Å². The zero-order valence-corrected chi connectivity index (χ0v) is 17.0. The maximum atomic E-state index is 4.55. The molecule has 0 fully saturated rings. The molecule has 0 atom stereocenters. The van der Waals surface area contributed by atoms with Crippen molar-refractivity contribution in [3.05, 3.63) is 39.4 Å². The molecule has 2 aromatic rings. The third-order valence-corrected chi connectivity index (χ3v) is 4.13. The number of guanidine groups is 1. The van der Waals surface area contributed by atoms with Gasteiger partial charge in [0.1, 0.15) is 10.8 Å². The highest BCUT2D eigenvalue weighted by Gasteiger charge is 2.05. The van der Waals surface area contributed by atoms with Crippen molar-refractivity contribution in [3.63, 3.8) is 0 Å². The molecule has 0 aromatic carbocycles. The molecule has 0 aliphatic rings. The lowest BCUT2D eigenvalue weighted by Gasteiger charge is -2.10. The number of aromatic nitrogens is 3. The lowest BCUT2D eigenvalue weighted by molar-refractivity contribution is 0.803. The lowest BCUT2D eigenvalue weighted by Crippen LogP contribution is -2.36. The molecule has 2 aromatic heterocycles. The maximum absolute atomic E-state index is 4.55. The largest absolute Gasteiger partial charge is 0.357 e. The smallest absolute Gasteiger partial charge is 0.191 e. The quantitative estimate of drug-likeness (QED) is 0.420. The maximum Gasteiger partial charge on any atom is 0.191 e. The molecule has 0 aliphatic carbocycles. The Kier molecular flexibility index (Phi) is 8.38. The predicted octanol–water partition coefficient (Wildman–Crippen LogP) is 2.73. The van der Waals surface area contributed by atoms with E-state index in [1.54, 1.807) is 17.5 Å². The summed E-state index contributed by atoms with van der Waals surface area (Å²) in [7, 11) is 0. The molecule has 6 nitrogen and oxygen atoms in total. The SMILES string of the molecule is CCNC(=NCc1ccnc(C)n1)NCc1nc(C)c(C)s1.I. The first-order chi connectivity index (χ1) is 10.6. The number of aryl methyl sites for hydroxylation is 3. The first-order valence-electron chi connectivity index (χ1n) is 7.32. The van der Waals surface area contributed by atoms with Crippen molar-refractivity contribution < 1.29 is 0 Å². The van der Waals surface area contributed by atoms with Gasteiger partial charge in [0.05, 0.1) is 24.5 Å².